The lowest BCUT2D eigenvalue weighted by atomic mass is 10.0. The largest absolute Gasteiger partial charge is 0.366 e. The van der Waals surface area contributed by atoms with Gasteiger partial charge in [-0.05, 0) is 26.3 Å². The Bertz CT molecular complexity index is 479. The smallest absolute Gasteiger partial charge is 0.239 e. The molecular formula is C13H23Cl2N5O2. The number of rotatable bonds is 2. The lowest BCUT2D eigenvalue weighted by Gasteiger charge is -2.35. The number of aromatic nitrogens is 3. The lowest BCUT2D eigenvalue weighted by Crippen LogP contribution is -2.52. The first-order chi connectivity index (χ1) is 9.74. The predicted molar refractivity (Wildman–Crippen MR) is 86.5 cm³/mol. The Morgan fingerprint density at radius 2 is 2.18 bits per heavy atom. The number of hydrogen-bond acceptors (Lipinski definition) is 5. The molecule has 2 fully saturated rings. The van der Waals surface area contributed by atoms with Crippen molar-refractivity contribution in [3.05, 3.63) is 11.6 Å². The molecule has 2 saturated heterocycles. The van der Waals surface area contributed by atoms with E-state index in [1.165, 1.54) is 0 Å². The van der Waals surface area contributed by atoms with E-state index < -0.39 is 0 Å². The van der Waals surface area contributed by atoms with Crippen LogP contribution in [-0.2, 0) is 9.53 Å². The van der Waals surface area contributed by atoms with Crippen molar-refractivity contribution < 1.29 is 9.53 Å². The molecule has 0 radical (unpaired) electrons. The van der Waals surface area contributed by atoms with E-state index in [1.807, 2.05) is 11.8 Å². The van der Waals surface area contributed by atoms with E-state index in [2.05, 4.69) is 20.5 Å². The minimum atomic E-state index is -0.221. The van der Waals surface area contributed by atoms with Crippen LogP contribution in [0.2, 0.25) is 0 Å². The molecule has 9 heteroatoms. The number of halogens is 2. The second kappa shape index (κ2) is 8.67. The van der Waals surface area contributed by atoms with E-state index >= 15 is 0 Å². The molecule has 3 heterocycles. The summed E-state index contributed by atoms with van der Waals surface area (Å²) in [5.41, 5.74) is 0. The lowest BCUT2D eigenvalue weighted by molar-refractivity contribution is -0.142. The highest BCUT2D eigenvalue weighted by Gasteiger charge is 2.31. The SMILES string of the molecule is Cc1nc(C2CN(C(=O)[C@H]3CCCCN3)CCO2)n[nH]1.Cl.Cl. The standard InChI is InChI=1S/C13H21N5O2.2ClH/c1-9-15-12(17-16-9)11-8-18(6-7-20-11)13(19)10-4-2-3-5-14-10;;/h10-11,14H,2-8H2,1H3,(H,15,16,17);2*1H/t10-,11?;;/m1../s1. The average molecular weight is 352 g/mol. The summed E-state index contributed by atoms with van der Waals surface area (Å²) in [7, 11) is 0. The molecule has 0 aromatic carbocycles. The average Bonchev–Trinajstić information content (AvgIpc) is 2.94. The maximum absolute atomic E-state index is 12.5. The first-order valence-corrected chi connectivity index (χ1v) is 7.27. The predicted octanol–water partition coefficient (Wildman–Crippen LogP) is 0.999. The zero-order valence-corrected chi connectivity index (χ0v) is 14.2. The summed E-state index contributed by atoms with van der Waals surface area (Å²) >= 11 is 0. The van der Waals surface area contributed by atoms with Crippen molar-refractivity contribution >= 4 is 30.7 Å². The van der Waals surface area contributed by atoms with Crippen LogP contribution in [0.3, 0.4) is 0 Å². The molecule has 2 N–H and O–H groups in total. The monoisotopic (exact) mass is 351 g/mol. The Balaban J connectivity index is 0.00000121. The van der Waals surface area contributed by atoms with Gasteiger partial charge < -0.3 is 15.0 Å². The van der Waals surface area contributed by atoms with Crippen LogP contribution in [-0.4, -0.2) is 58.3 Å². The Kier molecular flexibility index (Phi) is 7.55. The minimum absolute atomic E-state index is 0. The van der Waals surface area contributed by atoms with Gasteiger partial charge in [0, 0.05) is 6.54 Å². The zero-order chi connectivity index (χ0) is 13.9. The molecule has 0 bridgehead atoms. The maximum Gasteiger partial charge on any atom is 0.239 e. The highest BCUT2D eigenvalue weighted by molar-refractivity contribution is 5.85. The molecule has 2 atom stereocenters. The van der Waals surface area contributed by atoms with Gasteiger partial charge in [0.05, 0.1) is 19.2 Å². The van der Waals surface area contributed by atoms with Crippen LogP contribution in [0.1, 0.15) is 37.0 Å². The van der Waals surface area contributed by atoms with E-state index in [9.17, 15) is 4.79 Å². The molecule has 2 aliphatic heterocycles. The van der Waals surface area contributed by atoms with Crippen LogP contribution in [0.4, 0.5) is 0 Å². The van der Waals surface area contributed by atoms with Crippen LogP contribution in [0.25, 0.3) is 0 Å². The fourth-order valence-electron chi connectivity index (χ4n) is 2.79. The molecule has 1 aromatic heterocycles. The third-order valence-corrected chi connectivity index (χ3v) is 3.89. The summed E-state index contributed by atoms with van der Waals surface area (Å²) in [5.74, 6) is 1.59. The molecule has 0 saturated carbocycles. The van der Waals surface area contributed by atoms with Crippen molar-refractivity contribution in [1.29, 1.82) is 0 Å². The molecular weight excluding hydrogens is 329 g/mol. The summed E-state index contributed by atoms with van der Waals surface area (Å²) in [5, 5.41) is 10.3. The summed E-state index contributed by atoms with van der Waals surface area (Å²) in [6.07, 6.45) is 2.99. The van der Waals surface area contributed by atoms with Crippen LogP contribution in [0.5, 0.6) is 0 Å². The Labute approximate surface area is 142 Å². The Morgan fingerprint density at radius 3 is 2.82 bits per heavy atom. The van der Waals surface area contributed by atoms with Crippen molar-refractivity contribution in [3.8, 4) is 0 Å². The van der Waals surface area contributed by atoms with Crippen LogP contribution >= 0.6 is 24.8 Å². The summed E-state index contributed by atoms with van der Waals surface area (Å²) in [6, 6.07) is -0.0311. The van der Waals surface area contributed by atoms with Crippen molar-refractivity contribution in [2.24, 2.45) is 0 Å². The topological polar surface area (TPSA) is 83.1 Å². The zero-order valence-electron chi connectivity index (χ0n) is 12.6. The Hall–Kier alpha value is -0.890. The third kappa shape index (κ3) is 4.32. The van der Waals surface area contributed by atoms with Crippen LogP contribution in [0, 0.1) is 6.92 Å². The van der Waals surface area contributed by atoms with E-state index in [0.717, 1.165) is 31.6 Å². The number of hydrogen-bond donors (Lipinski definition) is 2. The second-order valence-electron chi connectivity index (χ2n) is 5.43. The van der Waals surface area contributed by atoms with Gasteiger partial charge in [0.15, 0.2) is 5.82 Å². The van der Waals surface area contributed by atoms with Crippen LogP contribution < -0.4 is 5.32 Å². The number of ether oxygens (including phenoxy) is 1. The Morgan fingerprint density at radius 1 is 1.36 bits per heavy atom. The first-order valence-electron chi connectivity index (χ1n) is 7.27. The van der Waals surface area contributed by atoms with Crippen molar-refractivity contribution in [2.75, 3.05) is 26.2 Å². The van der Waals surface area contributed by atoms with Gasteiger partial charge >= 0.3 is 0 Å². The molecule has 22 heavy (non-hydrogen) atoms. The van der Waals surface area contributed by atoms with Gasteiger partial charge in [-0.25, -0.2) is 4.98 Å². The molecule has 126 valence electrons. The highest BCUT2D eigenvalue weighted by Crippen LogP contribution is 2.20. The normalized spacial score (nSPS) is 25.0. The number of morpholine rings is 1. The molecule has 7 nitrogen and oxygen atoms in total. The quantitative estimate of drug-likeness (QED) is 0.830. The van der Waals surface area contributed by atoms with Crippen LogP contribution in [0.15, 0.2) is 0 Å². The van der Waals surface area contributed by atoms with E-state index in [0.29, 0.717) is 25.5 Å². The van der Waals surface area contributed by atoms with Gasteiger partial charge in [-0.1, -0.05) is 6.42 Å². The maximum atomic E-state index is 12.5. The minimum Gasteiger partial charge on any atom is -0.366 e. The van der Waals surface area contributed by atoms with Gasteiger partial charge in [0.1, 0.15) is 11.9 Å². The van der Waals surface area contributed by atoms with Gasteiger partial charge in [-0.2, -0.15) is 5.10 Å². The van der Waals surface area contributed by atoms with Crippen molar-refractivity contribution in [2.45, 2.75) is 38.3 Å². The number of carbonyl (C=O) groups excluding carboxylic acids is 1. The van der Waals surface area contributed by atoms with E-state index in [4.69, 9.17) is 4.74 Å². The van der Waals surface area contributed by atoms with Gasteiger partial charge in [-0.3, -0.25) is 9.89 Å². The molecule has 0 aliphatic carbocycles. The number of nitrogens with one attached hydrogen (secondary N) is 2. The second-order valence-corrected chi connectivity index (χ2v) is 5.43. The number of piperidine rings is 1. The highest BCUT2D eigenvalue weighted by atomic mass is 35.5. The number of H-pyrrole nitrogens is 1. The van der Waals surface area contributed by atoms with Gasteiger partial charge in [-0.15, -0.1) is 24.8 Å². The molecule has 1 unspecified atom stereocenters. The molecule has 3 rings (SSSR count). The first kappa shape index (κ1) is 19.2. The fourth-order valence-corrected chi connectivity index (χ4v) is 2.79. The van der Waals surface area contributed by atoms with Crippen molar-refractivity contribution in [1.82, 2.24) is 25.4 Å². The molecule has 2 aliphatic rings. The summed E-state index contributed by atoms with van der Waals surface area (Å²) in [4.78, 5) is 18.7. The van der Waals surface area contributed by atoms with E-state index in [1.54, 1.807) is 0 Å². The number of aryl methyl sites for hydroxylation is 1. The van der Waals surface area contributed by atoms with Crippen molar-refractivity contribution in [3.63, 3.8) is 0 Å². The third-order valence-electron chi connectivity index (χ3n) is 3.89. The molecule has 0 spiro atoms. The van der Waals surface area contributed by atoms with E-state index in [-0.39, 0.29) is 42.9 Å². The number of amides is 1. The number of aromatic amines is 1. The fraction of sp³-hybridized carbons (Fsp3) is 0.769. The number of nitrogens with zero attached hydrogens (tertiary/aromatic N) is 3. The summed E-state index contributed by atoms with van der Waals surface area (Å²) < 4.78 is 5.69. The van der Waals surface area contributed by atoms with Gasteiger partial charge in [0.2, 0.25) is 5.91 Å². The molecule has 1 amide bonds. The molecule has 1 aromatic rings. The number of carbonyl (C=O) groups is 1. The van der Waals surface area contributed by atoms with Gasteiger partial charge in [0.25, 0.3) is 0 Å². The summed E-state index contributed by atoms with van der Waals surface area (Å²) in [6.45, 7) is 4.51.